The zero-order valence-corrected chi connectivity index (χ0v) is 14.9. The van der Waals surface area contributed by atoms with Crippen molar-refractivity contribution >= 4 is 39.3 Å². The molecule has 0 unspecified atom stereocenters. The molecule has 0 fully saturated rings. The Hall–Kier alpha value is -3.93. The van der Waals surface area contributed by atoms with Crippen molar-refractivity contribution < 1.29 is 19.1 Å². The maximum absolute atomic E-state index is 12.7. The lowest BCUT2D eigenvalue weighted by Gasteiger charge is -2.10. The molecule has 0 saturated carbocycles. The van der Waals surface area contributed by atoms with Crippen LogP contribution in [0.3, 0.4) is 0 Å². The van der Waals surface area contributed by atoms with E-state index in [2.05, 4.69) is 5.32 Å². The first-order valence-electron chi connectivity index (χ1n) is 8.55. The predicted molar refractivity (Wildman–Crippen MR) is 106 cm³/mol. The molecule has 0 bridgehead atoms. The number of fused-ring (bicyclic) bond motifs is 3. The number of hydrogen-bond donors (Lipinski definition) is 2. The van der Waals surface area contributed by atoms with Gasteiger partial charge in [0.2, 0.25) is 0 Å². The molecule has 1 aromatic heterocycles. The molecule has 0 aliphatic rings. The van der Waals surface area contributed by atoms with Crippen LogP contribution in [0.1, 0.15) is 26.3 Å². The van der Waals surface area contributed by atoms with E-state index in [9.17, 15) is 14.4 Å². The molecule has 3 aromatic carbocycles. The van der Waals surface area contributed by atoms with Crippen LogP contribution in [0, 0.1) is 6.92 Å². The Morgan fingerprint density at radius 1 is 0.964 bits per heavy atom. The number of carboxylic acids is 1. The lowest BCUT2D eigenvalue weighted by atomic mass is 10.0. The van der Waals surface area contributed by atoms with Crippen molar-refractivity contribution in [3.63, 3.8) is 0 Å². The summed E-state index contributed by atoms with van der Waals surface area (Å²) in [6.45, 7) is 1.73. The van der Waals surface area contributed by atoms with Crippen LogP contribution >= 0.6 is 0 Å². The van der Waals surface area contributed by atoms with Gasteiger partial charge in [0, 0.05) is 11.1 Å². The van der Waals surface area contributed by atoms with Crippen LogP contribution in [0.4, 0.5) is 5.69 Å². The van der Waals surface area contributed by atoms with Crippen molar-refractivity contribution in [1.29, 1.82) is 0 Å². The molecule has 0 aliphatic carbocycles. The van der Waals surface area contributed by atoms with E-state index in [1.54, 1.807) is 19.1 Å². The Labute approximate surface area is 159 Å². The number of carboxylic acid groups (broad SMARTS) is 1. The lowest BCUT2D eigenvalue weighted by molar-refractivity contribution is 0.0696. The van der Waals surface area contributed by atoms with Crippen LogP contribution in [0.25, 0.3) is 21.7 Å². The van der Waals surface area contributed by atoms with Crippen LogP contribution in [-0.4, -0.2) is 17.0 Å². The van der Waals surface area contributed by atoms with Gasteiger partial charge in [-0.2, -0.15) is 0 Å². The second kappa shape index (κ2) is 6.66. The third kappa shape index (κ3) is 3.01. The Morgan fingerprint density at radius 2 is 1.75 bits per heavy atom. The highest BCUT2D eigenvalue weighted by Gasteiger charge is 2.17. The van der Waals surface area contributed by atoms with Crippen molar-refractivity contribution in [2.75, 3.05) is 5.32 Å². The van der Waals surface area contributed by atoms with Crippen LogP contribution in [-0.2, 0) is 0 Å². The monoisotopic (exact) mass is 373 g/mol. The molecule has 138 valence electrons. The molecule has 0 saturated heterocycles. The Kier molecular flexibility index (Phi) is 4.16. The SMILES string of the molecule is Cc1ccc(C(=O)O)cc1NC(=O)c1cc2c(ccc3ccccc32)oc1=O. The van der Waals surface area contributed by atoms with E-state index in [1.165, 1.54) is 18.2 Å². The number of benzene rings is 3. The van der Waals surface area contributed by atoms with Crippen LogP contribution in [0.2, 0.25) is 0 Å². The average Bonchev–Trinajstić information content (AvgIpc) is 2.68. The van der Waals surface area contributed by atoms with Crippen LogP contribution in [0.5, 0.6) is 0 Å². The third-order valence-electron chi connectivity index (χ3n) is 4.62. The zero-order valence-electron chi connectivity index (χ0n) is 14.9. The number of rotatable bonds is 3. The molecule has 4 aromatic rings. The molecular weight excluding hydrogens is 358 g/mol. The maximum Gasteiger partial charge on any atom is 0.349 e. The molecule has 1 heterocycles. The van der Waals surface area contributed by atoms with Gasteiger partial charge in [-0.05, 0) is 47.5 Å². The highest BCUT2D eigenvalue weighted by atomic mass is 16.4. The smallest absolute Gasteiger partial charge is 0.349 e. The minimum atomic E-state index is -1.10. The predicted octanol–water partition coefficient (Wildman–Crippen LogP) is 4.21. The summed E-state index contributed by atoms with van der Waals surface area (Å²) in [5, 5.41) is 14.2. The summed E-state index contributed by atoms with van der Waals surface area (Å²) in [6.07, 6.45) is 0. The van der Waals surface area contributed by atoms with E-state index in [0.717, 1.165) is 10.8 Å². The van der Waals surface area contributed by atoms with Gasteiger partial charge in [-0.1, -0.05) is 36.4 Å². The minimum Gasteiger partial charge on any atom is -0.478 e. The van der Waals surface area contributed by atoms with E-state index in [0.29, 0.717) is 22.2 Å². The summed E-state index contributed by atoms with van der Waals surface area (Å²) < 4.78 is 5.34. The molecule has 28 heavy (non-hydrogen) atoms. The molecule has 0 atom stereocenters. The molecule has 6 heteroatoms. The van der Waals surface area contributed by atoms with Crippen molar-refractivity contribution in [1.82, 2.24) is 0 Å². The van der Waals surface area contributed by atoms with Gasteiger partial charge in [0.25, 0.3) is 5.91 Å². The normalized spacial score (nSPS) is 10.9. The van der Waals surface area contributed by atoms with E-state index in [-0.39, 0.29) is 11.1 Å². The largest absolute Gasteiger partial charge is 0.478 e. The number of anilines is 1. The quantitative estimate of drug-likeness (QED) is 0.414. The van der Waals surface area contributed by atoms with Crippen LogP contribution < -0.4 is 10.9 Å². The van der Waals surface area contributed by atoms with Gasteiger partial charge in [-0.3, -0.25) is 4.79 Å². The molecule has 6 nitrogen and oxygen atoms in total. The third-order valence-corrected chi connectivity index (χ3v) is 4.62. The topological polar surface area (TPSA) is 96.6 Å². The Bertz CT molecular complexity index is 1320. The Morgan fingerprint density at radius 3 is 2.54 bits per heavy atom. The number of carbonyl (C=O) groups excluding carboxylic acids is 1. The fraction of sp³-hybridized carbons (Fsp3) is 0.0455. The molecular formula is C22H15NO5. The maximum atomic E-state index is 12.7. The van der Waals surface area contributed by atoms with Crippen molar-refractivity contribution in [2.45, 2.75) is 6.92 Å². The second-order valence-electron chi connectivity index (χ2n) is 6.44. The summed E-state index contributed by atoms with van der Waals surface area (Å²) in [5.74, 6) is -1.76. The number of nitrogens with one attached hydrogen (secondary N) is 1. The van der Waals surface area contributed by atoms with Crippen molar-refractivity contribution in [3.05, 3.63) is 87.8 Å². The van der Waals surface area contributed by atoms with Gasteiger partial charge in [0.1, 0.15) is 11.1 Å². The van der Waals surface area contributed by atoms with Crippen molar-refractivity contribution in [3.8, 4) is 0 Å². The summed E-state index contributed by atoms with van der Waals surface area (Å²) in [4.78, 5) is 36.2. The number of amides is 1. The van der Waals surface area contributed by atoms with Gasteiger partial charge in [0.15, 0.2) is 0 Å². The van der Waals surface area contributed by atoms with E-state index < -0.39 is 17.5 Å². The van der Waals surface area contributed by atoms with Crippen molar-refractivity contribution in [2.24, 2.45) is 0 Å². The van der Waals surface area contributed by atoms with E-state index in [1.807, 2.05) is 30.3 Å². The lowest BCUT2D eigenvalue weighted by Crippen LogP contribution is -2.21. The number of hydrogen-bond acceptors (Lipinski definition) is 4. The van der Waals surface area contributed by atoms with Gasteiger partial charge in [-0.25, -0.2) is 9.59 Å². The second-order valence-corrected chi connectivity index (χ2v) is 6.44. The first-order chi connectivity index (χ1) is 13.4. The average molecular weight is 373 g/mol. The minimum absolute atomic E-state index is 0.0393. The fourth-order valence-electron chi connectivity index (χ4n) is 3.11. The zero-order chi connectivity index (χ0) is 19.8. The standard InChI is InChI=1S/C22H15NO5/c1-12-6-7-14(21(25)26)10-18(12)23-20(24)17-11-16-15-5-3-2-4-13(15)8-9-19(16)28-22(17)27/h2-11H,1H3,(H,23,24)(H,25,26). The highest BCUT2D eigenvalue weighted by molar-refractivity contribution is 6.10. The number of carbonyl (C=O) groups is 2. The van der Waals surface area contributed by atoms with Crippen LogP contribution in [0.15, 0.2) is 69.9 Å². The van der Waals surface area contributed by atoms with Gasteiger partial charge in [0.05, 0.1) is 5.56 Å². The summed E-state index contributed by atoms with van der Waals surface area (Å²) in [5.41, 5.74) is 0.523. The van der Waals surface area contributed by atoms with E-state index in [4.69, 9.17) is 9.52 Å². The highest BCUT2D eigenvalue weighted by Crippen LogP contribution is 2.25. The molecule has 2 N–H and O–H groups in total. The first kappa shape index (κ1) is 17.5. The van der Waals surface area contributed by atoms with Gasteiger partial charge >= 0.3 is 11.6 Å². The molecule has 1 amide bonds. The fourth-order valence-corrected chi connectivity index (χ4v) is 3.11. The molecule has 4 rings (SSSR count). The Balaban J connectivity index is 1.80. The van der Waals surface area contributed by atoms with Gasteiger partial charge in [-0.15, -0.1) is 0 Å². The molecule has 0 radical (unpaired) electrons. The summed E-state index contributed by atoms with van der Waals surface area (Å²) >= 11 is 0. The summed E-state index contributed by atoms with van der Waals surface area (Å²) in [7, 11) is 0. The number of aromatic carboxylic acids is 1. The molecule has 0 spiro atoms. The molecule has 0 aliphatic heterocycles. The summed E-state index contributed by atoms with van der Waals surface area (Å²) in [6, 6.07) is 17.0. The number of aryl methyl sites for hydroxylation is 1. The first-order valence-corrected chi connectivity index (χ1v) is 8.55. The van der Waals surface area contributed by atoms with E-state index >= 15 is 0 Å². The van der Waals surface area contributed by atoms with Gasteiger partial charge < -0.3 is 14.8 Å².